The van der Waals surface area contributed by atoms with E-state index in [1.807, 2.05) is 0 Å². The maximum absolute atomic E-state index is 6.14. The van der Waals surface area contributed by atoms with Crippen LogP contribution >= 0.6 is 0 Å². The molecule has 1 saturated heterocycles. The molecule has 0 aromatic carbocycles. The zero-order chi connectivity index (χ0) is 14.8. The predicted octanol–water partition coefficient (Wildman–Crippen LogP) is 3.04. The fourth-order valence-electron chi connectivity index (χ4n) is 4.13. The van der Waals surface area contributed by atoms with Crippen molar-refractivity contribution < 1.29 is 4.74 Å². The van der Waals surface area contributed by atoms with E-state index in [9.17, 15) is 0 Å². The molecule has 0 aromatic rings. The standard InChI is InChI=1S/C17H34N2O/c1-14-8-6-7-9-15(14)18-10-11-19-12-16(2,3)20-17(4,5)13-19/h14-15,18H,6-13H2,1-5H3. The van der Waals surface area contributed by atoms with Crippen molar-refractivity contribution in [3.63, 3.8) is 0 Å². The summed E-state index contributed by atoms with van der Waals surface area (Å²) in [6.45, 7) is 15.6. The number of hydrogen-bond donors (Lipinski definition) is 1. The molecule has 2 atom stereocenters. The minimum Gasteiger partial charge on any atom is -0.367 e. The lowest BCUT2D eigenvalue weighted by Gasteiger charge is -2.47. The number of hydrogen-bond acceptors (Lipinski definition) is 3. The molecule has 1 aliphatic heterocycles. The van der Waals surface area contributed by atoms with Gasteiger partial charge in [0.25, 0.3) is 0 Å². The Morgan fingerprint density at radius 2 is 1.65 bits per heavy atom. The molecule has 2 unspecified atom stereocenters. The van der Waals surface area contributed by atoms with Gasteiger partial charge in [-0.3, -0.25) is 4.90 Å². The van der Waals surface area contributed by atoms with Gasteiger partial charge in [-0.25, -0.2) is 0 Å². The molecule has 0 bridgehead atoms. The molecule has 1 N–H and O–H groups in total. The van der Waals surface area contributed by atoms with Gasteiger partial charge >= 0.3 is 0 Å². The summed E-state index contributed by atoms with van der Waals surface area (Å²) in [4.78, 5) is 2.56. The fraction of sp³-hybridized carbons (Fsp3) is 1.00. The summed E-state index contributed by atoms with van der Waals surface area (Å²) in [6.07, 6.45) is 5.58. The Labute approximate surface area is 125 Å². The predicted molar refractivity (Wildman–Crippen MR) is 85.1 cm³/mol. The van der Waals surface area contributed by atoms with Gasteiger partial charge in [0.2, 0.25) is 0 Å². The molecule has 3 heteroatoms. The number of rotatable bonds is 4. The second kappa shape index (κ2) is 6.33. The molecule has 1 saturated carbocycles. The second-order valence-electron chi connectivity index (χ2n) is 8.15. The van der Waals surface area contributed by atoms with Gasteiger partial charge < -0.3 is 10.1 Å². The first-order chi connectivity index (χ1) is 9.27. The first-order valence-electron chi connectivity index (χ1n) is 8.43. The van der Waals surface area contributed by atoms with Crippen molar-refractivity contribution in [3.8, 4) is 0 Å². The SMILES string of the molecule is CC1CCCCC1NCCN1CC(C)(C)OC(C)(C)C1. The van der Waals surface area contributed by atoms with Gasteiger partial charge in [0.15, 0.2) is 0 Å². The third kappa shape index (κ3) is 4.71. The highest BCUT2D eigenvalue weighted by atomic mass is 16.5. The molecule has 0 radical (unpaired) electrons. The molecule has 2 aliphatic rings. The van der Waals surface area contributed by atoms with Crippen LogP contribution in [0, 0.1) is 5.92 Å². The summed E-state index contributed by atoms with van der Waals surface area (Å²) in [7, 11) is 0. The van der Waals surface area contributed by atoms with E-state index >= 15 is 0 Å². The van der Waals surface area contributed by atoms with Crippen LogP contribution in [0.3, 0.4) is 0 Å². The first kappa shape index (κ1) is 16.3. The Morgan fingerprint density at radius 1 is 1.05 bits per heavy atom. The van der Waals surface area contributed by atoms with Gasteiger partial charge in [-0.2, -0.15) is 0 Å². The van der Waals surface area contributed by atoms with E-state index in [1.165, 1.54) is 25.7 Å². The van der Waals surface area contributed by atoms with Gasteiger partial charge in [0, 0.05) is 32.2 Å². The maximum Gasteiger partial charge on any atom is 0.0760 e. The summed E-state index contributed by atoms with van der Waals surface area (Å²) in [5, 5.41) is 3.79. The van der Waals surface area contributed by atoms with Crippen LogP contribution in [-0.2, 0) is 4.74 Å². The minimum atomic E-state index is -0.0279. The van der Waals surface area contributed by atoms with E-state index in [4.69, 9.17) is 4.74 Å². The average Bonchev–Trinajstić information content (AvgIpc) is 2.27. The van der Waals surface area contributed by atoms with Crippen molar-refractivity contribution in [2.45, 2.75) is 77.5 Å². The van der Waals surface area contributed by atoms with E-state index in [1.54, 1.807) is 0 Å². The highest BCUT2D eigenvalue weighted by molar-refractivity contribution is 4.89. The lowest BCUT2D eigenvalue weighted by Crippen LogP contribution is -2.58. The maximum atomic E-state index is 6.14. The number of nitrogens with zero attached hydrogens (tertiary/aromatic N) is 1. The summed E-state index contributed by atoms with van der Waals surface area (Å²) < 4.78 is 6.14. The zero-order valence-electron chi connectivity index (χ0n) is 14.2. The fourth-order valence-corrected chi connectivity index (χ4v) is 4.13. The van der Waals surface area contributed by atoms with Crippen LogP contribution in [0.1, 0.15) is 60.3 Å². The lowest BCUT2D eigenvalue weighted by atomic mass is 9.86. The molecule has 3 nitrogen and oxygen atoms in total. The van der Waals surface area contributed by atoms with Crippen molar-refractivity contribution in [3.05, 3.63) is 0 Å². The van der Waals surface area contributed by atoms with Gasteiger partial charge in [-0.1, -0.05) is 19.8 Å². The van der Waals surface area contributed by atoms with Gasteiger partial charge in [0.1, 0.15) is 0 Å². The van der Waals surface area contributed by atoms with Crippen LogP contribution in [0.15, 0.2) is 0 Å². The molecule has 1 heterocycles. The minimum absolute atomic E-state index is 0.0279. The number of morpholine rings is 1. The molecule has 0 aromatic heterocycles. The smallest absolute Gasteiger partial charge is 0.0760 e. The highest BCUT2D eigenvalue weighted by Crippen LogP contribution is 2.28. The van der Waals surface area contributed by atoms with Gasteiger partial charge in [-0.05, 0) is 46.5 Å². The molecular weight excluding hydrogens is 248 g/mol. The zero-order valence-corrected chi connectivity index (χ0v) is 14.2. The van der Waals surface area contributed by atoms with Crippen LogP contribution in [0.2, 0.25) is 0 Å². The molecule has 2 fully saturated rings. The van der Waals surface area contributed by atoms with Crippen LogP contribution in [0.25, 0.3) is 0 Å². The lowest BCUT2D eigenvalue weighted by molar-refractivity contribution is -0.180. The summed E-state index contributed by atoms with van der Waals surface area (Å²) >= 11 is 0. The Morgan fingerprint density at radius 3 is 2.25 bits per heavy atom. The molecule has 0 amide bonds. The Balaban J connectivity index is 1.76. The molecule has 20 heavy (non-hydrogen) atoms. The van der Waals surface area contributed by atoms with E-state index in [-0.39, 0.29) is 11.2 Å². The Hall–Kier alpha value is -0.120. The average molecular weight is 282 g/mol. The van der Waals surface area contributed by atoms with Crippen molar-refractivity contribution in [1.29, 1.82) is 0 Å². The number of ether oxygens (including phenoxy) is 1. The summed E-state index contributed by atoms with van der Waals surface area (Å²) in [5.41, 5.74) is -0.0558. The third-order valence-corrected chi connectivity index (χ3v) is 4.71. The van der Waals surface area contributed by atoms with Crippen molar-refractivity contribution >= 4 is 0 Å². The molecule has 2 rings (SSSR count). The van der Waals surface area contributed by atoms with E-state index in [0.29, 0.717) is 0 Å². The Kier molecular flexibility index (Phi) is 5.14. The number of nitrogens with one attached hydrogen (secondary N) is 1. The van der Waals surface area contributed by atoms with E-state index < -0.39 is 0 Å². The summed E-state index contributed by atoms with van der Waals surface area (Å²) in [5.74, 6) is 0.848. The van der Waals surface area contributed by atoms with Crippen LogP contribution in [0.4, 0.5) is 0 Å². The topological polar surface area (TPSA) is 24.5 Å². The molecule has 1 aliphatic carbocycles. The van der Waals surface area contributed by atoms with Crippen molar-refractivity contribution in [2.75, 3.05) is 26.2 Å². The molecule has 0 spiro atoms. The third-order valence-electron chi connectivity index (χ3n) is 4.71. The van der Waals surface area contributed by atoms with E-state index in [2.05, 4.69) is 44.8 Å². The van der Waals surface area contributed by atoms with Gasteiger partial charge in [-0.15, -0.1) is 0 Å². The normalized spacial score (nSPS) is 34.0. The summed E-state index contributed by atoms with van der Waals surface area (Å²) in [6, 6.07) is 0.741. The van der Waals surface area contributed by atoms with Crippen LogP contribution in [0.5, 0.6) is 0 Å². The largest absolute Gasteiger partial charge is 0.367 e. The highest BCUT2D eigenvalue weighted by Gasteiger charge is 2.37. The van der Waals surface area contributed by atoms with Crippen molar-refractivity contribution in [2.24, 2.45) is 5.92 Å². The monoisotopic (exact) mass is 282 g/mol. The first-order valence-corrected chi connectivity index (χ1v) is 8.43. The van der Waals surface area contributed by atoms with Gasteiger partial charge in [0.05, 0.1) is 11.2 Å². The molecular formula is C17H34N2O. The second-order valence-corrected chi connectivity index (χ2v) is 8.15. The van der Waals surface area contributed by atoms with Crippen LogP contribution < -0.4 is 5.32 Å². The molecule has 118 valence electrons. The van der Waals surface area contributed by atoms with Crippen molar-refractivity contribution in [1.82, 2.24) is 10.2 Å². The quantitative estimate of drug-likeness (QED) is 0.858. The Bertz CT molecular complexity index is 298. The van der Waals surface area contributed by atoms with E-state index in [0.717, 1.165) is 38.1 Å². The van der Waals surface area contributed by atoms with Crippen LogP contribution in [-0.4, -0.2) is 48.3 Å².